The first-order valence-electron chi connectivity index (χ1n) is 15.7. The number of nitrogens with zero attached hydrogens (tertiary/aromatic N) is 1. The third-order valence-corrected chi connectivity index (χ3v) is 7.94. The molecule has 2 atom stereocenters. The highest BCUT2D eigenvalue weighted by molar-refractivity contribution is 7.99. The molecule has 3 aromatic carbocycles. The summed E-state index contributed by atoms with van der Waals surface area (Å²) in [4.78, 5) is 51.2. The first-order chi connectivity index (χ1) is 22.6. The average Bonchev–Trinajstić information content (AvgIpc) is 3.09. The minimum Gasteiger partial charge on any atom is -0.355 e. The molecule has 1 unspecified atom stereocenters. The van der Waals surface area contributed by atoms with Crippen LogP contribution in [0.4, 0.5) is 5.69 Å². The van der Waals surface area contributed by atoms with Crippen LogP contribution in [0.5, 0.6) is 0 Å². The van der Waals surface area contributed by atoms with E-state index in [1.54, 1.807) is 44.2 Å². The van der Waals surface area contributed by atoms with Gasteiger partial charge in [0.25, 0.3) is 11.8 Å². The summed E-state index contributed by atoms with van der Waals surface area (Å²) in [6, 6.07) is 21.0. The lowest BCUT2D eigenvalue weighted by molar-refractivity contribution is -0.127. The largest absolute Gasteiger partial charge is 0.355 e. The van der Waals surface area contributed by atoms with Crippen LogP contribution < -0.4 is 30.9 Å². The number of halogens is 1. The molecule has 0 aliphatic rings. The summed E-state index contributed by atoms with van der Waals surface area (Å²) in [7, 11) is 1.86. The van der Waals surface area contributed by atoms with Gasteiger partial charge in [0.2, 0.25) is 11.8 Å². The normalized spacial score (nSPS) is 11.6. The lowest BCUT2D eigenvalue weighted by Crippen LogP contribution is -2.50. The van der Waals surface area contributed by atoms with E-state index in [0.29, 0.717) is 34.8 Å². The second kappa shape index (κ2) is 20.9. The summed E-state index contributed by atoms with van der Waals surface area (Å²) in [5, 5.41) is 15.0. The number of amides is 4. The SMILES string of the molecule is CC.CCNC(=O)CNC(=O)C(C)NC[C@H](Cc1ccccc1)NC(=O)c1cc(C(=O)NCc2cccc(Cl)c2)cc(N(C)SC)c1. The maximum Gasteiger partial charge on any atom is 0.251 e. The van der Waals surface area contributed by atoms with Crippen LogP contribution in [0.1, 0.15) is 59.5 Å². The molecule has 0 saturated heterocycles. The average molecular weight is 683 g/mol. The second-order valence-corrected chi connectivity index (χ2v) is 11.8. The molecule has 3 rings (SSSR count). The zero-order valence-corrected chi connectivity index (χ0v) is 29.6. The number of carbonyl (C=O) groups excluding carboxylic acids is 4. The monoisotopic (exact) mass is 682 g/mol. The highest BCUT2D eigenvalue weighted by Gasteiger charge is 2.21. The lowest BCUT2D eigenvalue weighted by atomic mass is 10.0. The fourth-order valence-electron chi connectivity index (χ4n) is 4.43. The van der Waals surface area contributed by atoms with Gasteiger partial charge in [0, 0.05) is 60.8 Å². The molecule has 4 amide bonds. The predicted octanol–water partition coefficient (Wildman–Crippen LogP) is 4.58. The zero-order valence-electron chi connectivity index (χ0n) is 28.0. The van der Waals surface area contributed by atoms with Gasteiger partial charge >= 0.3 is 0 Å². The number of carbonyl (C=O) groups is 4. The van der Waals surface area contributed by atoms with E-state index in [0.717, 1.165) is 11.1 Å². The van der Waals surface area contributed by atoms with Crippen molar-refractivity contribution >= 4 is 52.9 Å². The molecule has 47 heavy (non-hydrogen) atoms. The number of hydrogen-bond donors (Lipinski definition) is 5. The molecule has 0 fully saturated rings. The molecule has 254 valence electrons. The van der Waals surface area contributed by atoms with E-state index >= 15 is 0 Å². The minimum absolute atomic E-state index is 0.112. The van der Waals surface area contributed by atoms with Gasteiger partial charge in [0.15, 0.2) is 0 Å². The van der Waals surface area contributed by atoms with Crippen molar-refractivity contribution in [3.63, 3.8) is 0 Å². The quantitative estimate of drug-likeness (QED) is 0.140. The molecule has 0 aliphatic heterocycles. The fraction of sp³-hybridized carbons (Fsp3) is 0.371. The summed E-state index contributed by atoms with van der Waals surface area (Å²) < 4.78 is 1.87. The third kappa shape index (κ3) is 13.7. The number of rotatable bonds is 16. The van der Waals surface area contributed by atoms with Crippen molar-refractivity contribution < 1.29 is 19.2 Å². The van der Waals surface area contributed by atoms with E-state index in [1.165, 1.54) is 11.9 Å². The van der Waals surface area contributed by atoms with Crippen LogP contribution in [0.2, 0.25) is 5.02 Å². The molecular formula is C35H47ClN6O4S. The lowest BCUT2D eigenvalue weighted by Gasteiger charge is -2.23. The maximum absolute atomic E-state index is 13.7. The fourth-order valence-corrected chi connectivity index (χ4v) is 4.95. The van der Waals surface area contributed by atoms with Gasteiger partial charge in [-0.05, 0) is 61.7 Å². The number of benzene rings is 3. The van der Waals surface area contributed by atoms with E-state index in [1.807, 2.05) is 73.9 Å². The summed E-state index contributed by atoms with van der Waals surface area (Å²) in [6.45, 7) is 8.44. The Morgan fingerprint density at radius 2 is 1.51 bits per heavy atom. The highest BCUT2D eigenvalue weighted by atomic mass is 35.5. The standard InChI is InChI=1S/C33H41ClN6O4S.C2H6/c1-5-35-30(41)21-38-31(42)22(2)36-20-28(15-23-10-7-6-8-11-23)39-33(44)26-16-25(17-29(18-26)40(3)45-4)32(43)37-19-24-12-9-13-27(34)14-24;1-2/h6-14,16-18,22,28,36H,5,15,19-21H2,1-4H3,(H,35,41)(H,37,43)(H,38,42)(H,39,44);1-2H3/t22?,28-;/m0./s1. The van der Waals surface area contributed by atoms with Crippen molar-refractivity contribution in [3.8, 4) is 0 Å². The van der Waals surface area contributed by atoms with Gasteiger partial charge in [-0.15, -0.1) is 0 Å². The summed E-state index contributed by atoms with van der Waals surface area (Å²) in [5.74, 6) is -1.27. The van der Waals surface area contributed by atoms with Crippen molar-refractivity contribution in [2.24, 2.45) is 0 Å². The molecule has 0 radical (unpaired) electrons. The highest BCUT2D eigenvalue weighted by Crippen LogP contribution is 2.23. The summed E-state index contributed by atoms with van der Waals surface area (Å²) in [5.41, 5.74) is 3.23. The van der Waals surface area contributed by atoms with Crippen LogP contribution in [-0.2, 0) is 22.6 Å². The van der Waals surface area contributed by atoms with Crippen molar-refractivity contribution in [1.29, 1.82) is 0 Å². The van der Waals surface area contributed by atoms with Gasteiger partial charge in [0.05, 0.1) is 12.6 Å². The van der Waals surface area contributed by atoms with Crippen molar-refractivity contribution in [1.82, 2.24) is 26.6 Å². The van der Waals surface area contributed by atoms with Gasteiger partial charge in [0.1, 0.15) is 0 Å². The molecule has 0 aliphatic carbocycles. The van der Waals surface area contributed by atoms with Gasteiger partial charge in [-0.2, -0.15) is 0 Å². The van der Waals surface area contributed by atoms with Gasteiger partial charge in [-0.25, -0.2) is 0 Å². The molecule has 5 N–H and O–H groups in total. The topological polar surface area (TPSA) is 132 Å². The predicted molar refractivity (Wildman–Crippen MR) is 193 cm³/mol. The summed E-state index contributed by atoms with van der Waals surface area (Å²) >= 11 is 7.53. The zero-order chi connectivity index (χ0) is 34.8. The van der Waals surface area contributed by atoms with Crippen molar-refractivity contribution in [2.75, 3.05) is 37.2 Å². The van der Waals surface area contributed by atoms with Crippen LogP contribution in [0.15, 0.2) is 72.8 Å². The van der Waals surface area contributed by atoms with Gasteiger partial charge in [-0.3, -0.25) is 19.2 Å². The molecule has 10 nitrogen and oxygen atoms in total. The Labute approximate surface area is 287 Å². The molecule has 12 heteroatoms. The van der Waals surface area contributed by atoms with Crippen LogP contribution in [0.3, 0.4) is 0 Å². The Balaban J connectivity index is 0.00000376. The van der Waals surface area contributed by atoms with Crippen molar-refractivity contribution in [3.05, 3.63) is 100 Å². The van der Waals surface area contributed by atoms with Crippen LogP contribution in [0, 0.1) is 0 Å². The number of hydrogen-bond acceptors (Lipinski definition) is 7. The first-order valence-corrected chi connectivity index (χ1v) is 17.2. The van der Waals surface area contributed by atoms with Gasteiger partial charge < -0.3 is 30.9 Å². The second-order valence-electron chi connectivity index (χ2n) is 10.4. The number of anilines is 1. The number of likely N-dealkylation sites (N-methyl/N-ethyl adjacent to an activating group) is 1. The Morgan fingerprint density at radius 3 is 2.15 bits per heavy atom. The molecule has 3 aromatic rings. The van der Waals surface area contributed by atoms with Crippen LogP contribution in [0.25, 0.3) is 0 Å². The van der Waals surface area contributed by atoms with E-state index in [4.69, 9.17) is 11.6 Å². The molecule has 0 heterocycles. The smallest absolute Gasteiger partial charge is 0.251 e. The molecule has 0 bridgehead atoms. The van der Waals surface area contributed by atoms with Crippen LogP contribution in [-0.4, -0.2) is 68.7 Å². The minimum atomic E-state index is -0.608. The van der Waals surface area contributed by atoms with Crippen LogP contribution >= 0.6 is 23.5 Å². The van der Waals surface area contributed by atoms with Crippen molar-refractivity contribution in [2.45, 2.75) is 52.7 Å². The third-order valence-electron chi connectivity index (χ3n) is 6.94. The molecule has 0 aromatic heterocycles. The maximum atomic E-state index is 13.7. The van der Waals surface area contributed by atoms with E-state index in [9.17, 15) is 19.2 Å². The Hall–Kier alpha value is -4.06. The van der Waals surface area contributed by atoms with E-state index in [-0.39, 0.29) is 49.3 Å². The Kier molecular flexibility index (Phi) is 17.4. The van der Waals surface area contributed by atoms with E-state index in [2.05, 4.69) is 26.6 Å². The Bertz CT molecular complexity index is 1460. The van der Waals surface area contributed by atoms with Gasteiger partial charge in [-0.1, -0.05) is 79.9 Å². The molecule has 0 spiro atoms. The Morgan fingerprint density at radius 1 is 0.851 bits per heavy atom. The molecule has 0 saturated carbocycles. The number of nitrogens with one attached hydrogen (secondary N) is 5. The molecular weight excluding hydrogens is 636 g/mol. The first kappa shape index (κ1) is 39.1. The summed E-state index contributed by atoms with van der Waals surface area (Å²) in [6.07, 6.45) is 2.41. The van der Waals surface area contributed by atoms with E-state index < -0.39 is 6.04 Å².